The van der Waals surface area contributed by atoms with Gasteiger partial charge in [-0.05, 0) is 48.7 Å². The number of ether oxygens (including phenoxy) is 1. The van der Waals surface area contributed by atoms with Crippen LogP contribution >= 0.6 is 11.3 Å². The highest BCUT2D eigenvalue weighted by molar-refractivity contribution is 7.10. The first-order valence-corrected chi connectivity index (χ1v) is 6.50. The van der Waals surface area contributed by atoms with Gasteiger partial charge in [-0.25, -0.2) is 0 Å². The van der Waals surface area contributed by atoms with Gasteiger partial charge >= 0.3 is 0 Å². The van der Waals surface area contributed by atoms with Crippen LogP contribution in [0.25, 0.3) is 11.1 Å². The summed E-state index contributed by atoms with van der Waals surface area (Å²) in [4.78, 5) is 1.35. The van der Waals surface area contributed by atoms with Crippen molar-refractivity contribution < 1.29 is 4.74 Å². The van der Waals surface area contributed by atoms with Crippen molar-refractivity contribution in [2.75, 3.05) is 14.2 Å². The van der Waals surface area contributed by atoms with Gasteiger partial charge in [-0.3, -0.25) is 0 Å². The molecule has 0 aliphatic heterocycles. The predicted molar refractivity (Wildman–Crippen MR) is 73.8 cm³/mol. The van der Waals surface area contributed by atoms with E-state index in [9.17, 15) is 0 Å². The second kappa shape index (κ2) is 5.34. The molecule has 0 fully saturated rings. The molecular weight excluding hydrogens is 230 g/mol. The maximum Gasteiger partial charge on any atom is 0.123 e. The molecule has 17 heavy (non-hydrogen) atoms. The standard InChI is InChI=1S/C14H17NOS/c1-10-13(6-7-17-10)11-4-5-14(16-3)12(8-11)9-15-2/h4-8,15H,9H2,1-3H3. The molecule has 2 aromatic rings. The number of hydrogen-bond acceptors (Lipinski definition) is 3. The van der Waals surface area contributed by atoms with Crippen molar-refractivity contribution in [1.29, 1.82) is 0 Å². The molecule has 0 saturated carbocycles. The number of hydrogen-bond donors (Lipinski definition) is 1. The van der Waals surface area contributed by atoms with Crippen molar-refractivity contribution >= 4 is 11.3 Å². The third-order valence-electron chi connectivity index (χ3n) is 2.82. The second-order valence-corrected chi connectivity index (χ2v) is 5.07. The monoisotopic (exact) mass is 247 g/mol. The fourth-order valence-electron chi connectivity index (χ4n) is 1.96. The Kier molecular flexibility index (Phi) is 3.82. The molecule has 0 spiro atoms. The van der Waals surface area contributed by atoms with Crippen LogP contribution in [0.5, 0.6) is 5.75 Å². The average molecular weight is 247 g/mol. The summed E-state index contributed by atoms with van der Waals surface area (Å²) in [6, 6.07) is 8.53. The summed E-state index contributed by atoms with van der Waals surface area (Å²) in [5.41, 5.74) is 3.77. The molecular formula is C14H17NOS. The van der Waals surface area contributed by atoms with Gasteiger partial charge in [0.15, 0.2) is 0 Å². The summed E-state index contributed by atoms with van der Waals surface area (Å²) in [5.74, 6) is 0.941. The van der Waals surface area contributed by atoms with Crippen molar-refractivity contribution in [1.82, 2.24) is 5.32 Å². The number of benzene rings is 1. The fraction of sp³-hybridized carbons (Fsp3) is 0.286. The molecule has 0 aliphatic rings. The zero-order valence-electron chi connectivity index (χ0n) is 10.4. The maximum atomic E-state index is 5.36. The van der Waals surface area contributed by atoms with Crippen LogP contribution in [0.2, 0.25) is 0 Å². The first-order chi connectivity index (χ1) is 8.26. The molecule has 1 aromatic carbocycles. The topological polar surface area (TPSA) is 21.3 Å². The first kappa shape index (κ1) is 12.1. The molecule has 2 nitrogen and oxygen atoms in total. The van der Waals surface area contributed by atoms with E-state index in [1.807, 2.05) is 13.1 Å². The number of rotatable bonds is 4. The Balaban J connectivity index is 2.43. The third-order valence-corrected chi connectivity index (χ3v) is 3.66. The minimum absolute atomic E-state index is 0.820. The molecule has 0 atom stereocenters. The van der Waals surface area contributed by atoms with Gasteiger partial charge in [0.25, 0.3) is 0 Å². The van der Waals surface area contributed by atoms with Crippen LogP contribution < -0.4 is 10.1 Å². The van der Waals surface area contributed by atoms with Crippen molar-refractivity contribution in [3.05, 3.63) is 40.1 Å². The lowest BCUT2D eigenvalue weighted by atomic mass is 10.0. The Labute approximate surface area is 106 Å². The molecule has 1 aromatic heterocycles. The van der Waals surface area contributed by atoms with Crippen LogP contribution in [-0.2, 0) is 6.54 Å². The predicted octanol–water partition coefficient (Wildman–Crippen LogP) is 3.45. The maximum absolute atomic E-state index is 5.36. The fourth-order valence-corrected chi connectivity index (χ4v) is 2.68. The minimum Gasteiger partial charge on any atom is -0.496 e. The SMILES string of the molecule is CNCc1cc(-c2ccsc2C)ccc1OC. The van der Waals surface area contributed by atoms with Gasteiger partial charge in [-0.1, -0.05) is 6.07 Å². The summed E-state index contributed by atoms with van der Waals surface area (Å²) >= 11 is 1.78. The van der Waals surface area contributed by atoms with E-state index in [1.54, 1.807) is 18.4 Å². The van der Waals surface area contributed by atoms with Crippen LogP contribution in [0, 0.1) is 6.92 Å². The molecule has 0 radical (unpaired) electrons. The van der Waals surface area contributed by atoms with Gasteiger partial charge in [0.05, 0.1) is 7.11 Å². The Hall–Kier alpha value is -1.32. The van der Waals surface area contributed by atoms with E-state index >= 15 is 0 Å². The normalized spacial score (nSPS) is 10.5. The Morgan fingerprint density at radius 1 is 1.29 bits per heavy atom. The van der Waals surface area contributed by atoms with Gasteiger partial charge < -0.3 is 10.1 Å². The third kappa shape index (κ3) is 2.51. The zero-order chi connectivity index (χ0) is 12.3. The molecule has 0 saturated heterocycles. The van der Waals surface area contributed by atoms with E-state index in [0.29, 0.717) is 0 Å². The van der Waals surface area contributed by atoms with Crippen LogP contribution in [-0.4, -0.2) is 14.2 Å². The lowest BCUT2D eigenvalue weighted by Crippen LogP contribution is -2.06. The van der Waals surface area contributed by atoms with E-state index in [2.05, 4.69) is 35.8 Å². The summed E-state index contributed by atoms with van der Waals surface area (Å²) in [7, 11) is 3.66. The van der Waals surface area contributed by atoms with E-state index < -0.39 is 0 Å². The summed E-state index contributed by atoms with van der Waals surface area (Å²) in [6.45, 7) is 2.97. The largest absolute Gasteiger partial charge is 0.496 e. The van der Waals surface area contributed by atoms with Gasteiger partial charge in [0, 0.05) is 17.0 Å². The number of methoxy groups -OCH3 is 1. The molecule has 0 bridgehead atoms. The summed E-state index contributed by atoms with van der Waals surface area (Å²) in [5, 5.41) is 5.30. The Bertz CT molecular complexity index is 505. The highest BCUT2D eigenvalue weighted by Crippen LogP contribution is 2.31. The highest BCUT2D eigenvalue weighted by Gasteiger charge is 2.07. The van der Waals surface area contributed by atoms with E-state index in [4.69, 9.17) is 4.74 Å². The highest BCUT2D eigenvalue weighted by atomic mass is 32.1. The number of thiophene rings is 1. The zero-order valence-corrected chi connectivity index (χ0v) is 11.2. The Morgan fingerprint density at radius 3 is 2.71 bits per heavy atom. The van der Waals surface area contributed by atoms with Gasteiger partial charge in [-0.15, -0.1) is 11.3 Å². The van der Waals surface area contributed by atoms with Gasteiger partial charge in [0.2, 0.25) is 0 Å². The minimum atomic E-state index is 0.820. The molecule has 1 heterocycles. The summed E-state index contributed by atoms with van der Waals surface area (Å²) in [6.07, 6.45) is 0. The van der Waals surface area contributed by atoms with Gasteiger partial charge in [0.1, 0.15) is 5.75 Å². The molecule has 2 rings (SSSR count). The molecule has 0 aliphatic carbocycles. The van der Waals surface area contributed by atoms with Crippen molar-refractivity contribution in [3.63, 3.8) is 0 Å². The second-order valence-electron chi connectivity index (χ2n) is 3.95. The quantitative estimate of drug-likeness (QED) is 0.893. The molecule has 3 heteroatoms. The van der Waals surface area contributed by atoms with E-state index in [0.717, 1.165) is 12.3 Å². The van der Waals surface area contributed by atoms with Crippen LogP contribution in [0.4, 0.5) is 0 Å². The number of nitrogens with one attached hydrogen (secondary N) is 1. The van der Waals surface area contributed by atoms with E-state index in [-0.39, 0.29) is 0 Å². The van der Waals surface area contributed by atoms with Crippen molar-refractivity contribution in [2.24, 2.45) is 0 Å². The van der Waals surface area contributed by atoms with Crippen LogP contribution in [0.3, 0.4) is 0 Å². The lowest BCUT2D eigenvalue weighted by molar-refractivity contribution is 0.408. The van der Waals surface area contributed by atoms with E-state index in [1.165, 1.54) is 21.6 Å². The number of aryl methyl sites for hydroxylation is 1. The smallest absolute Gasteiger partial charge is 0.123 e. The molecule has 90 valence electrons. The van der Waals surface area contributed by atoms with Crippen molar-refractivity contribution in [2.45, 2.75) is 13.5 Å². The molecule has 0 unspecified atom stereocenters. The molecule has 1 N–H and O–H groups in total. The van der Waals surface area contributed by atoms with Crippen LogP contribution in [0.1, 0.15) is 10.4 Å². The first-order valence-electron chi connectivity index (χ1n) is 5.62. The van der Waals surface area contributed by atoms with Crippen molar-refractivity contribution in [3.8, 4) is 16.9 Å². The van der Waals surface area contributed by atoms with Crippen LogP contribution in [0.15, 0.2) is 29.6 Å². The summed E-state index contributed by atoms with van der Waals surface area (Å²) < 4.78 is 5.36. The Morgan fingerprint density at radius 2 is 2.12 bits per heavy atom. The molecule has 0 amide bonds. The lowest BCUT2D eigenvalue weighted by Gasteiger charge is -2.10. The average Bonchev–Trinajstić information content (AvgIpc) is 2.76. The van der Waals surface area contributed by atoms with Gasteiger partial charge in [-0.2, -0.15) is 0 Å².